The molecule has 156 valence electrons. The molecule has 8 heteroatoms. The molecule has 0 bridgehead atoms. The highest BCUT2D eigenvalue weighted by Gasteiger charge is 2.46. The summed E-state index contributed by atoms with van der Waals surface area (Å²) in [5.41, 5.74) is 0.947. The molecule has 1 amide bonds. The first-order valence-electron chi connectivity index (χ1n) is 9.74. The zero-order valence-corrected chi connectivity index (χ0v) is 16.4. The summed E-state index contributed by atoms with van der Waals surface area (Å²) < 4.78 is 16.5. The molecule has 2 aromatic heterocycles. The summed E-state index contributed by atoms with van der Waals surface area (Å²) in [6.45, 7) is 0.909. The molecule has 2 aliphatic rings. The van der Waals surface area contributed by atoms with E-state index in [1.807, 2.05) is 0 Å². The van der Waals surface area contributed by atoms with Crippen LogP contribution < -0.4 is 9.47 Å². The van der Waals surface area contributed by atoms with Crippen LogP contribution in [0.1, 0.15) is 22.9 Å². The van der Waals surface area contributed by atoms with Crippen LogP contribution in [-0.2, 0) is 16.1 Å². The Morgan fingerprint density at radius 3 is 2.68 bits per heavy atom. The zero-order valence-electron chi connectivity index (χ0n) is 16.4. The molecule has 1 atom stereocenters. The van der Waals surface area contributed by atoms with Gasteiger partial charge >= 0.3 is 0 Å². The first-order valence-corrected chi connectivity index (χ1v) is 9.74. The van der Waals surface area contributed by atoms with Crippen molar-refractivity contribution in [2.45, 2.75) is 12.6 Å². The molecule has 1 fully saturated rings. The molecule has 2 aliphatic heterocycles. The molecule has 1 saturated heterocycles. The Balaban J connectivity index is 1.63. The van der Waals surface area contributed by atoms with Crippen LogP contribution in [0.25, 0.3) is 5.76 Å². The summed E-state index contributed by atoms with van der Waals surface area (Å²) in [5.74, 6) is -0.221. The van der Waals surface area contributed by atoms with Crippen molar-refractivity contribution in [2.75, 3.05) is 13.2 Å². The van der Waals surface area contributed by atoms with Crippen LogP contribution in [-0.4, -0.2) is 39.9 Å². The predicted octanol–water partition coefficient (Wildman–Crippen LogP) is 3.07. The third-order valence-electron chi connectivity index (χ3n) is 5.26. The fraction of sp³-hybridized carbons (Fsp3) is 0.174. The minimum Gasteiger partial charge on any atom is -0.507 e. The highest BCUT2D eigenvalue weighted by atomic mass is 16.6. The van der Waals surface area contributed by atoms with E-state index in [0.29, 0.717) is 41.6 Å². The number of aromatic nitrogens is 1. The number of amides is 1. The Morgan fingerprint density at radius 2 is 1.94 bits per heavy atom. The third kappa shape index (κ3) is 3.31. The van der Waals surface area contributed by atoms with Gasteiger partial charge in [0.2, 0.25) is 0 Å². The molecular formula is C23H18N2O6. The second-order valence-electron chi connectivity index (χ2n) is 7.15. The van der Waals surface area contributed by atoms with Crippen molar-refractivity contribution < 1.29 is 28.6 Å². The van der Waals surface area contributed by atoms with Crippen molar-refractivity contribution in [2.24, 2.45) is 0 Å². The van der Waals surface area contributed by atoms with Gasteiger partial charge in [0.15, 0.2) is 11.5 Å². The maximum Gasteiger partial charge on any atom is 0.296 e. The predicted molar refractivity (Wildman–Crippen MR) is 108 cm³/mol. The molecule has 31 heavy (non-hydrogen) atoms. The molecule has 8 nitrogen and oxygen atoms in total. The average Bonchev–Trinajstić information content (AvgIpc) is 3.41. The number of ether oxygens (including phenoxy) is 2. The van der Waals surface area contributed by atoms with Crippen molar-refractivity contribution in [3.63, 3.8) is 0 Å². The van der Waals surface area contributed by atoms with E-state index >= 15 is 0 Å². The van der Waals surface area contributed by atoms with Crippen LogP contribution in [0.15, 0.2) is 71.1 Å². The van der Waals surface area contributed by atoms with Gasteiger partial charge in [-0.15, -0.1) is 0 Å². The fourth-order valence-electron chi connectivity index (χ4n) is 3.84. The second kappa shape index (κ2) is 7.64. The molecule has 0 saturated carbocycles. The topological polar surface area (TPSA) is 102 Å². The summed E-state index contributed by atoms with van der Waals surface area (Å²) in [6, 6.07) is 11.0. The number of furan rings is 1. The first kappa shape index (κ1) is 18.9. The molecular weight excluding hydrogens is 400 g/mol. The molecule has 0 radical (unpaired) electrons. The summed E-state index contributed by atoms with van der Waals surface area (Å²) >= 11 is 0. The molecule has 0 unspecified atom stereocenters. The SMILES string of the molecule is O=C1C(=O)N(Cc2ccco2)[C@H](c2cccnc2)C1=C(O)c1ccc2c(c1)OCCO2. The number of aliphatic hydroxyl groups is 1. The van der Waals surface area contributed by atoms with Crippen LogP contribution >= 0.6 is 0 Å². The normalized spacial score (nSPS) is 19.6. The molecule has 1 aromatic carbocycles. The van der Waals surface area contributed by atoms with Crippen molar-refractivity contribution in [1.29, 1.82) is 0 Å². The number of ketones is 1. The maximum atomic E-state index is 13.0. The minimum absolute atomic E-state index is 0.0127. The van der Waals surface area contributed by atoms with E-state index in [2.05, 4.69) is 4.98 Å². The molecule has 4 heterocycles. The molecule has 5 rings (SSSR count). The van der Waals surface area contributed by atoms with Crippen LogP contribution in [0, 0.1) is 0 Å². The standard InChI is InChI=1S/C23H18N2O6/c26-21(14-5-6-17-18(11-14)31-10-9-30-17)19-20(15-3-1-7-24-12-15)25(23(28)22(19)27)13-16-4-2-8-29-16/h1-8,11-12,20,26H,9-10,13H2/t20-/m1/s1. The lowest BCUT2D eigenvalue weighted by Gasteiger charge is -2.24. The summed E-state index contributed by atoms with van der Waals surface area (Å²) in [6.07, 6.45) is 4.67. The fourth-order valence-corrected chi connectivity index (χ4v) is 3.84. The maximum absolute atomic E-state index is 13.0. The van der Waals surface area contributed by atoms with Crippen LogP contribution in [0.3, 0.4) is 0 Å². The summed E-state index contributed by atoms with van der Waals surface area (Å²) in [4.78, 5) is 31.4. The number of benzene rings is 1. The third-order valence-corrected chi connectivity index (χ3v) is 5.26. The number of fused-ring (bicyclic) bond motifs is 1. The Morgan fingerprint density at radius 1 is 1.10 bits per heavy atom. The van der Waals surface area contributed by atoms with Gasteiger partial charge in [-0.05, 0) is 42.0 Å². The van der Waals surface area contributed by atoms with E-state index in [1.54, 1.807) is 54.9 Å². The Bertz CT molecular complexity index is 1170. The number of carbonyl (C=O) groups excluding carboxylic acids is 2. The van der Waals surface area contributed by atoms with Crippen molar-refractivity contribution in [3.8, 4) is 11.5 Å². The van der Waals surface area contributed by atoms with Gasteiger partial charge in [-0.1, -0.05) is 6.07 Å². The second-order valence-corrected chi connectivity index (χ2v) is 7.15. The van der Waals surface area contributed by atoms with Gasteiger partial charge in [0, 0.05) is 18.0 Å². The van der Waals surface area contributed by atoms with E-state index < -0.39 is 17.7 Å². The minimum atomic E-state index is -0.813. The number of pyridine rings is 1. The van der Waals surface area contributed by atoms with Gasteiger partial charge in [-0.25, -0.2) is 0 Å². The van der Waals surface area contributed by atoms with E-state index in [4.69, 9.17) is 13.9 Å². The van der Waals surface area contributed by atoms with E-state index in [0.717, 1.165) is 0 Å². The van der Waals surface area contributed by atoms with Crippen molar-refractivity contribution >= 4 is 17.4 Å². The summed E-state index contributed by atoms with van der Waals surface area (Å²) in [7, 11) is 0. The number of hydrogen-bond acceptors (Lipinski definition) is 7. The highest BCUT2D eigenvalue weighted by molar-refractivity contribution is 6.46. The quantitative estimate of drug-likeness (QED) is 0.395. The molecule has 0 aliphatic carbocycles. The number of Topliss-reactive ketones (excluding diaryl/α,β-unsaturated/α-hetero) is 1. The number of aliphatic hydroxyl groups excluding tert-OH is 1. The van der Waals surface area contributed by atoms with E-state index in [9.17, 15) is 14.7 Å². The smallest absolute Gasteiger partial charge is 0.296 e. The van der Waals surface area contributed by atoms with E-state index in [1.165, 1.54) is 11.2 Å². The van der Waals surface area contributed by atoms with Crippen LogP contribution in [0.2, 0.25) is 0 Å². The lowest BCUT2D eigenvalue weighted by molar-refractivity contribution is -0.140. The molecule has 3 aromatic rings. The lowest BCUT2D eigenvalue weighted by Crippen LogP contribution is -2.29. The van der Waals surface area contributed by atoms with Crippen molar-refractivity contribution in [3.05, 3.63) is 83.6 Å². The van der Waals surface area contributed by atoms with Gasteiger partial charge in [0.1, 0.15) is 24.7 Å². The number of likely N-dealkylation sites (tertiary alicyclic amines) is 1. The number of hydrogen-bond donors (Lipinski definition) is 1. The van der Waals surface area contributed by atoms with Gasteiger partial charge in [-0.3, -0.25) is 14.6 Å². The lowest BCUT2D eigenvalue weighted by atomic mass is 9.96. The van der Waals surface area contributed by atoms with Gasteiger partial charge in [0.25, 0.3) is 11.7 Å². The Hall–Kier alpha value is -4.07. The monoisotopic (exact) mass is 418 g/mol. The number of rotatable bonds is 4. The number of carbonyl (C=O) groups is 2. The van der Waals surface area contributed by atoms with E-state index in [-0.39, 0.29) is 17.9 Å². The van der Waals surface area contributed by atoms with Gasteiger partial charge < -0.3 is 23.9 Å². The molecule has 1 N–H and O–H groups in total. The Labute approximate surface area is 177 Å². The average molecular weight is 418 g/mol. The largest absolute Gasteiger partial charge is 0.507 e. The van der Waals surface area contributed by atoms with Crippen molar-refractivity contribution in [1.82, 2.24) is 9.88 Å². The molecule has 0 spiro atoms. The first-order chi connectivity index (χ1) is 15.1. The van der Waals surface area contributed by atoms with Gasteiger partial charge in [0.05, 0.1) is 24.4 Å². The van der Waals surface area contributed by atoms with Crippen LogP contribution in [0.4, 0.5) is 0 Å². The van der Waals surface area contributed by atoms with Crippen LogP contribution in [0.5, 0.6) is 11.5 Å². The zero-order chi connectivity index (χ0) is 21.4. The highest BCUT2D eigenvalue weighted by Crippen LogP contribution is 2.41. The Kier molecular flexibility index (Phi) is 4.66. The van der Waals surface area contributed by atoms with Gasteiger partial charge in [-0.2, -0.15) is 0 Å². The summed E-state index contributed by atoms with van der Waals surface area (Å²) in [5, 5.41) is 11.1. The number of nitrogens with zero attached hydrogens (tertiary/aromatic N) is 2.